The van der Waals surface area contributed by atoms with Crippen molar-refractivity contribution in [1.82, 2.24) is 10.0 Å². The number of hydrogen-bond donors (Lipinski definition) is 1. The minimum Gasteiger partial charge on any atom is -0.497 e. The second kappa shape index (κ2) is 10.7. The molecule has 4 rings (SSSR count). The zero-order chi connectivity index (χ0) is 24.9. The quantitative estimate of drug-likeness (QED) is 0.525. The highest BCUT2D eigenvalue weighted by molar-refractivity contribution is 5.93. The van der Waals surface area contributed by atoms with Gasteiger partial charge in [-0.2, -0.15) is 10.0 Å². The summed E-state index contributed by atoms with van der Waals surface area (Å²) in [7, 11) is 1.60. The highest BCUT2D eigenvalue weighted by Crippen LogP contribution is 2.35. The Hall–Kier alpha value is -3.68. The molecule has 0 saturated carbocycles. The Morgan fingerprint density at radius 3 is 2.20 bits per heavy atom. The van der Waals surface area contributed by atoms with Crippen molar-refractivity contribution in [2.45, 2.75) is 38.6 Å². The van der Waals surface area contributed by atoms with Crippen LogP contribution in [0, 0.1) is 5.92 Å². The molecular weight excluding hydrogens is 444 g/mol. The van der Waals surface area contributed by atoms with Crippen LogP contribution in [0.5, 0.6) is 5.75 Å². The van der Waals surface area contributed by atoms with E-state index in [0.29, 0.717) is 12.1 Å². The lowest BCUT2D eigenvalue weighted by Gasteiger charge is -2.45. The van der Waals surface area contributed by atoms with Gasteiger partial charge in [-0.15, -0.1) is 0 Å². The number of hydrogen-bond acceptors (Lipinski definition) is 6. The van der Waals surface area contributed by atoms with E-state index in [1.807, 2.05) is 67.6 Å². The third-order valence-corrected chi connectivity index (χ3v) is 6.41. The Kier molecular flexibility index (Phi) is 7.48. The van der Waals surface area contributed by atoms with E-state index in [4.69, 9.17) is 9.47 Å². The van der Waals surface area contributed by atoms with Gasteiger partial charge in [-0.3, -0.25) is 4.79 Å². The van der Waals surface area contributed by atoms with E-state index in [-0.39, 0.29) is 6.04 Å². The number of aliphatic hydroxyl groups excluding tert-OH is 1. The molecule has 0 bridgehead atoms. The first-order valence-electron chi connectivity index (χ1n) is 11.6. The first kappa shape index (κ1) is 24.4. The van der Waals surface area contributed by atoms with Crippen molar-refractivity contribution in [3.63, 3.8) is 0 Å². The van der Waals surface area contributed by atoms with Gasteiger partial charge < -0.3 is 14.6 Å². The van der Waals surface area contributed by atoms with Crippen LogP contribution in [0.2, 0.25) is 0 Å². The van der Waals surface area contributed by atoms with Crippen LogP contribution in [-0.2, 0) is 16.1 Å². The van der Waals surface area contributed by atoms with Gasteiger partial charge >= 0.3 is 6.09 Å². The molecule has 0 aromatic heterocycles. The van der Waals surface area contributed by atoms with Crippen molar-refractivity contribution >= 4 is 12.0 Å². The second-order valence-electron chi connectivity index (χ2n) is 8.70. The van der Waals surface area contributed by atoms with Gasteiger partial charge in [0.2, 0.25) is 0 Å². The number of benzene rings is 3. The summed E-state index contributed by atoms with van der Waals surface area (Å²) in [6.07, 6.45) is -2.38. The summed E-state index contributed by atoms with van der Waals surface area (Å²) in [4.78, 5) is 26.9. The summed E-state index contributed by atoms with van der Waals surface area (Å²) in [5.74, 6) is -0.684. The summed E-state index contributed by atoms with van der Waals surface area (Å²) in [6, 6.07) is 25.6. The zero-order valence-corrected chi connectivity index (χ0v) is 20.1. The number of methoxy groups -OCH3 is 1. The van der Waals surface area contributed by atoms with Crippen molar-refractivity contribution in [1.29, 1.82) is 0 Å². The molecule has 1 fully saturated rings. The summed E-state index contributed by atoms with van der Waals surface area (Å²) < 4.78 is 11.0. The molecule has 182 valence electrons. The highest BCUT2D eigenvalue weighted by Gasteiger charge is 2.45. The minimum absolute atomic E-state index is 0.295. The molecule has 1 N–H and O–H groups in total. The van der Waals surface area contributed by atoms with Crippen molar-refractivity contribution in [2.75, 3.05) is 7.11 Å². The van der Waals surface area contributed by atoms with E-state index in [2.05, 4.69) is 0 Å². The Morgan fingerprint density at radius 2 is 1.60 bits per heavy atom. The fourth-order valence-corrected chi connectivity index (χ4v) is 4.31. The van der Waals surface area contributed by atoms with Crippen molar-refractivity contribution in [2.24, 2.45) is 5.92 Å². The lowest BCUT2D eigenvalue weighted by Crippen LogP contribution is -2.61. The normalized spacial score (nSPS) is 20.1. The topological polar surface area (TPSA) is 79.3 Å². The molecule has 3 aromatic rings. The smallest absolute Gasteiger partial charge is 0.432 e. The average Bonchev–Trinajstić information content (AvgIpc) is 2.90. The van der Waals surface area contributed by atoms with Crippen molar-refractivity contribution in [3.8, 4) is 5.75 Å². The van der Waals surface area contributed by atoms with Crippen LogP contribution >= 0.6 is 0 Å². The number of rotatable bonds is 7. The Balaban J connectivity index is 1.66. The lowest BCUT2D eigenvalue weighted by molar-refractivity contribution is -0.177. The number of amides is 2. The van der Waals surface area contributed by atoms with Gasteiger partial charge in [0.1, 0.15) is 11.9 Å². The summed E-state index contributed by atoms with van der Waals surface area (Å²) in [5, 5.41) is 13.6. The van der Waals surface area contributed by atoms with Crippen molar-refractivity contribution < 1.29 is 24.2 Å². The number of imide groups is 1. The maximum absolute atomic E-state index is 13.6. The molecule has 0 radical (unpaired) electrons. The lowest BCUT2D eigenvalue weighted by atomic mass is 9.96. The molecule has 0 spiro atoms. The number of cyclic esters (lactones) is 1. The predicted octanol–water partition coefficient (Wildman–Crippen LogP) is 4.89. The molecule has 7 heteroatoms. The van der Waals surface area contributed by atoms with Gasteiger partial charge in [-0.25, -0.2) is 4.79 Å². The first-order chi connectivity index (χ1) is 16.9. The van der Waals surface area contributed by atoms with E-state index < -0.39 is 30.1 Å². The molecule has 7 nitrogen and oxygen atoms in total. The number of ether oxygens (including phenoxy) is 2. The van der Waals surface area contributed by atoms with E-state index in [0.717, 1.165) is 21.9 Å². The Bertz CT molecular complexity index is 1140. The van der Waals surface area contributed by atoms with Gasteiger partial charge in [-0.1, -0.05) is 79.7 Å². The largest absolute Gasteiger partial charge is 0.497 e. The Labute approximate surface area is 205 Å². The molecule has 4 atom stereocenters. The van der Waals surface area contributed by atoms with Gasteiger partial charge in [0.15, 0.2) is 0 Å². The third kappa shape index (κ3) is 5.21. The molecule has 0 unspecified atom stereocenters. The van der Waals surface area contributed by atoms with Crippen molar-refractivity contribution in [3.05, 3.63) is 102 Å². The number of nitrogens with zero attached hydrogens (tertiary/aromatic N) is 2. The molecular formula is C28H30N2O5. The molecule has 1 aliphatic rings. The third-order valence-electron chi connectivity index (χ3n) is 6.41. The van der Waals surface area contributed by atoms with Gasteiger partial charge in [0, 0.05) is 6.54 Å². The van der Waals surface area contributed by atoms with E-state index in [9.17, 15) is 14.7 Å². The first-order valence-corrected chi connectivity index (χ1v) is 11.6. The number of carbonyl (C=O) groups excluding carboxylic acids is 2. The highest BCUT2D eigenvalue weighted by atomic mass is 16.6. The molecule has 1 heterocycles. The molecule has 3 aromatic carbocycles. The van der Waals surface area contributed by atoms with Crippen LogP contribution in [-0.4, -0.2) is 40.3 Å². The number of aliphatic hydroxyl groups is 1. The molecule has 0 aliphatic carbocycles. The average molecular weight is 475 g/mol. The molecule has 1 saturated heterocycles. The molecule has 2 amide bonds. The van der Waals surface area contributed by atoms with E-state index in [1.165, 1.54) is 0 Å². The Morgan fingerprint density at radius 1 is 1.00 bits per heavy atom. The van der Waals surface area contributed by atoms with E-state index in [1.54, 1.807) is 43.3 Å². The summed E-state index contributed by atoms with van der Waals surface area (Å²) in [6.45, 7) is 3.84. The van der Waals surface area contributed by atoms with Crippen LogP contribution in [0.1, 0.15) is 42.7 Å². The second-order valence-corrected chi connectivity index (χ2v) is 8.70. The summed E-state index contributed by atoms with van der Waals surface area (Å²) in [5.41, 5.74) is 2.35. The van der Waals surface area contributed by atoms with Crippen LogP contribution in [0.15, 0.2) is 84.9 Å². The molecule has 1 aliphatic heterocycles. The SMILES string of the molecule is COc1ccc(CN2[C@@H](C)[C@@H](c3ccccc3)OC(=O)N2C(=O)[C@@H](C)[C@H](O)c2ccccc2)cc1. The monoisotopic (exact) mass is 474 g/mol. The van der Waals surface area contributed by atoms with Crippen LogP contribution in [0.3, 0.4) is 0 Å². The standard InChI is InChI=1S/C28H30N2O5/c1-19(25(31)22-10-6-4-7-11-22)27(32)30-28(33)35-26(23-12-8-5-9-13-23)20(2)29(30)18-21-14-16-24(34-3)17-15-21/h4-17,19-20,25-26,31H,18H2,1-3H3/t19-,20-,25-,26-/m0/s1. The fraction of sp³-hybridized carbons (Fsp3) is 0.286. The van der Waals surface area contributed by atoms with Crippen LogP contribution in [0.4, 0.5) is 4.79 Å². The maximum atomic E-state index is 13.6. The molecule has 35 heavy (non-hydrogen) atoms. The van der Waals surface area contributed by atoms with E-state index >= 15 is 0 Å². The fourth-order valence-electron chi connectivity index (χ4n) is 4.31. The maximum Gasteiger partial charge on any atom is 0.432 e. The van der Waals surface area contributed by atoms with Crippen LogP contribution < -0.4 is 4.74 Å². The van der Waals surface area contributed by atoms with Gasteiger partial charge in [0.25, 0.3) is 5.91 Å². The van der Waals surface area contributed by atoms with Gasteiger partial charge in [-0.05, 0) is 35.7 Å². The minimum atomic E-state index is -1.07. The number of carbonyl (C=O) groups is 2. The van der Waals surface area contributed by atoms with Crippen LogP contribution in [0.25, 0.3) is 0 Å². The zero-order valence-electron chi connectivity index (χ0n) is 20.1. The van der Waals surface area contributed by atoms with Gasteiger partial charge in [0.05, 0.1) is 25.2 Å². The number of hydrazine groups is 1. The summed E-state index contributed by atoms with van der Waals surface area (Å²) >= 11 is 0. The predicted molar refractivity (Wildman–Crippen MR) is 131 cm³/mol.